The lowest BCUT2D eigenvalue weighted by Crippen LogP contribution is -2.31. The molecule has 0 bridgehead atoms. The maximum absolute atomic E-state index is 12.7. The first-order valence-electron chi connectivity index (χ1n) is 6.69. The average molecular weight is 304 g/mol. The van der Waals surface area contributed by atoms with Crippen molar-refractivity contribution in [2.75, 3.05) is 18.1 Å². The van der Waals surface area contributed by atoms with Gasteiger partial charge in [-0.2, -0.15) is 0 Å². The molecule has 0 radical (unpaired) electrons. The summed E-state index contributed by atoms with van der Waals surface area (Å²) >= 11 is 5.93. The van der Waals surface area contributed by atoms with Crippen LogP contribution in [0.5, 0.6) is 11.5 Å². The molecule has 0 aliphatic carbocycles. The molecule has 2 aromatic rings. The van der Waals surface area contributed by atoms with Crippen molar-refractivity contribution in [2.45, 2.75) is 6.42 Å². The third kappa shape index (κ3) is 2.67. The minimum Gasteiger partial charge on any atom is -0.507 e. The van der Waals surface area contributed by atoms with Gasteiger partial charge in [0.25, 0.3) is 5.91 Å². The van der Waals surface area contributed by atoms with E-state index < -0.39 is 0 Å². The topological polar surface area (TPSA) is 49.8 Å². The highest BCUT2D eigenvalue weighted by Crippen LogP contribution is 2.33. The second kappa shape index (κ2) is 5.66. The highest BCUT2D eigenvalue weighted by Gasteiger charge is 2.25. The SMILES string of the molecule is O=C(c1cc(Cl)ccc1O)N1CCCOc2ccccc21. The summed E-state index contributed by atoms with van der Waals surface area (Å²) in [6.07, 6.45) is 0.724. The fourth-order valence-electron chi connectivity index (χ4n) is 2.36. The second-order valence-electron chi connectivity index (χ2n) is 4.79. The summed E-state index contributed by atoms with van der Waals surface area (Å²) in [5.74, 6) is 0.310. The molecule has 1 N–H and O–H groups in total. The Morgan fingerprint density at radius 1 is 1.24 bits per heavy atom. The average Bonchev–Trinajstić information content (AvgIpc) is 2.71. The molecule has 21 heavy (non-hydrogen) atoms. The molecule has 0 unspecified atom stereocenters. The Bertz CT molecular complexity index is 687. The van der Waals surface area contributed by atoms with E-state index in [9.17, 15) is 9.90 Å². The van der Waals surface area contributed by atoms with Crippen LogP contribution < -0.4 is 9.64 Å². The molecule has 1 heterocycles. The number of nitrogens with zero attached hydrogens (tertiary/aromatic N) is 1. The van der Waals surface area contributed by atoms with E-state index in [4.69, 9.17) is 16.3 Å². The Hall–Kier alpha value is -2.20. The molecule has 0 saturated carbocycles. The number of amides is 1. The van der Waals surface area contributed by atoms with E-state index in [0.29, 0.717) is 29.6 Å². The van der Waals surface area contributed by atoms with Gasteiger partial charge in [-0.25, -0.2) is 0 Å². The van der Waals surface area contributed by atoms with Gasteiger partial charge in [0.05, 0.1) is 17.9 Å². The largest absolute Gasteiger partial charge is 0.507 e. The fraction of sp³-hybridized carbons (Fsp3) is 0.188. The number of rotatable bonds is 1. The molecule has 5 heteroatoms. The third-order valence-electron chi connectivity index (χ3n) is 3.37. The van der Waals surface area contributed by atoms with Gasteiger partial charge in [-0.05, 0) is 36.8 Å². The van der Waals surface area contributed by atoms with Crippen LogP contribution in [0.3, 0.4) is 0 Å². The summed E-state index contributed by atoms with van der Waals surface area (Å²) in [5, 5.41) is 10.3. The van der Waals surface area contributed by atoms with Crippen molar-refractivity contribution in [2.24, 2.45) is 0 Å². The molecular weight excluding hydrogens is 290 g/mol. The number of anilines is 1. The second-order valence-corrected chi connectivity index (χ2v) is 5.22. The van der Waals surface area contributed by atoms with Gasteiger partial charge in [-0.3, -0.25) is 4.79 Å². The highest BCUT2D eigenvalue weighted by molar-refractivity contribution is 6.31. The van der Waals surface area contributed by atoms with Gasteiger partial charge in [0.2, 0.25) is 0 Å². The van der Waals surface area contributed by atoms with Crippen LogP contribution in [0.15, 0.2) is 42.5 Å². The lowest BCUT2D eigenvalue weighted by atomic mass is 10.1. The number of phenolic OH excluding ortho intramolecular Hbond substituents is 1. The van der Waals surface area contributed by atoms with Gasteiger partial charge in [-0.15, -0.1) is 0 Å². The summed E-state index contributed by atoms with van der Waals surface area (Å²) in [6, 6.07) is 11.8. The number of aromatic hydroxyl groups is 1. The summed E-state index contributed by atoms with van der Waals surface area (Å²) in [6.45, 7) is 1.09. The Labute approximate surface area is 127 Å². The maximum atomic E-state index is 12.7. The van der Waals surface area contributed by atoms with Crippen LogP contribution >= 0.6 is 11.6 Å². The predicted octanol–water partition coefficient (Wildman–Crippen LogP) is 3.47. The number of halogens is 1. The maximum Gasteiger partial charge on any atom is 0.262 e. The van der Waals surface area contributed by atoms with E-state index in [1.807, 2.05) is 24.3 Å². The van der Waals surface area contributed by atoms with Gasteiger partial charge in [0.15, 0.2) is 0 Å². The molecule has 1 aliphatic rings. The molecule has 0 fully saturated rings. The Morgan fingerprint density at radius 2 is 2.05 bits per heavy atom. The van der Waals surface area contributed by atoms with Gasteiger partial charge >= 0.3 is 0 Å². The van der Waals surface area contributed by atoms with Crippen molar-refractivity contribution in [3.05, 3.63) is 53.1 Å². The van der Waals surface area contributed by atoms with Crippen LogP contribution in [0, 0.1) is 0 Å². The summed E-state index contributed by atoms with van der Waals surface area (Å²) < 4.78 is 5.64. The van der Waals surface area contributed by atoms with Crippen LogP contribution in [0.25, 0.3) is 0 Å². The Balaban J connectivity index is 2.03. The minimum absolute atomic E-state index is 0.0768. The molecule has 0 atom stereocenters. The van der Waals surface area contributed by atoms with Crippen LogP contribution in [0.4, 0.5) is 5.69 Å². The number of hydrogen-bond acceptors (Lipinski definition) is 3. The van der Waals surface area contributed by atoms with Crippen molar-refractivity contribution in [1.82, 2.24) is 0 Å². The number of benzene rings is 2. The number of para-hydroxylation sites is 2. The van der Waals surface area contributed by atoms with E-state index >= 15 is 0 Å². The number of ether oxygens (including phenoxy) is 1. The van der Waals surface area contributed by atoms with Crippen molar-refractivity contribution < 1.29 is 14.6 Å². The van der Waals surface area contributed by atoms with Gasteiger partial charge in [0.1, 0.15) is 11.5 Å². The lowest BCUT2D eigenvalue weighted by Gasteiger charge is -2.22. The third-order valence-corrected chi connectivity index (χ3v) is 3.61. The molecule has 3 rings (SSSR count). The van der Waals surface area contributed by atoms with E-state index in [1.54, 1.807) is 11.0 Å². The van der Waals surface area contributed by atoms with Crippen molar-refractivity contribution >= 4 is 23.2 Å². The van der Waals surface area contributed by atoms with Gasteiger partial charge < -0.3 is 14.7 Å². The smallest absolute Gasteiger partial charge is 0.262 e. The molecule has 4 nitrogen and oxygen atoms in total. The zero-order valence-corrected chi connectivity index (χ0v) is 12.0. The van der Waals surface area contributed by atoms with Crippen molar-refractivity contribution in [1.29, 1.82) is 0 Å². The number of phenols is 1. The molecule has 2 aromatic carbocycles. The first kappa shape index (κ1) is 13.8. The Kier molecular flexibility index (Phi) is 3.71. The molecule has 1 aliphatic heterocycles. The Morgan fingerprint density at radius 3 is 2.90 bits per heavy atom. The van der Waals surface area contributed by atoms with Crippen LogP contribution in [-0.4, -0.2) is 24.2 Å². The van der Waals surface area contributed by atoms with Crippen LogP contribution in [0.2, 0.25) is 5.02 Å². The first-order valence-corrected chi connectivity index (χ1v) is 7.07. The monoisotopic (exact) mass is 303 g/mol. The van der Waals surface area contributed by atoms with Crippen LogP contribution in [0.1, 0.15) is 16.8 Å². The normalized spacial score (nSPS) is 14.0. The molecule has 1 amide bonds. The van der Waals surface area contributed by atoms with E-state index in [1.165, 1.54) is 12.1 Å². The van der Waals surface area contributed by atoms with E-state index in [0.717, 1.165) is 6.42 Å². The summed E-state index contributed by atoms with van der Waals surface area (Å²) in [4.78, 5) is 14.4. The van der Waals surface area contributed by atoms with E-state index in [2.05, 4.69) is 0 Å². The molecular formula is C16H14ClNO3. The lowest BCUT2D eigenvalue weighted by molar-refractivity contribution is 0.0984. The van der Waals surface area contributed by atoms with Gasteiger partial charge in [0, 0.05) is 11.6 Å². The summed E-state index contributed by atoms with van der Waals surface area (Å²) in [7, 11) is 0. The first-order chi connectivity index (χ1) is 10.2. The number of carbonyl (C=O) groups excluding carboxylic acids is 1. The van der Waals surface area contributed by atoms with Crippen LogP contribution in [-0.2, 0) is 0 Å². The van der Waals surface area contributed by atoms with Gasteiger partial charge in [-0.1, -0.05) is 23.7 Å². The predicted molar refractivity (Wildman–Crippen MR) is 81.3 cm³/mol. The van der Waals surface area contributed by atoms with E-state index in [-0.39, 0.29) is 17.2 Å². The molecule has 0 aromatic heterocycles. The van der Waals surface area contributed by atoms with Crippen molar-refractivity contribution in [3.63, 3.8) is 0 Å². The minimum atomic E-state index is -0.284. The quantitative estimate of drug-likeness (QED) is 0.877. The highest BCUT2D eigenvalue weighted by atomic mass is 35.5. The van der Waals surface area contributed by atoms with Crippen molar-refractivity contribution in [3.8, 4) is 11.5 Å². The number of fused-ring (bicyclic) bond motifs is 1. The standard InChI is InChI=1S/C16H14ClNO3/c17-11-6-7-14(19)12(10-11)16(20)18-8-3-9-21-15-5-2-1-4-13(15)18/h1-2,4-7,10,19H,3,8-9H2. The molecule has 0 spiro atoms. The fourth-order valence-corrected chi connectivity index (χ4v) is 2.54. The zero-order chi connectivity index (χ0) is 14.8. The number of hydrogen-bond donors (Lipinski definition) is 1. The summed E-state index contributed by atoms with van der Waals surface area (Å²) in [5.41, 5.74) is 0.901. The zero-order valence-electron chi connectivity index (χ0n) is 11.3. The molecule has 108 valence electrons. The number of carbonyl (C=O) groups is 1. The molecule has 0 saturated heterocycles.